The number of nitrogens with one attached hydrogen (secondary N) is 1. The van der Waals surface area contributed by atoms with Crippen molar-refractivity contribution < 1.29 is 13.9 Å². The second-order valence-corrected chi connectivity index (χ2v) is 5.37. The van der Waals surface area contributed by atoms with Crippen molar-refractivity contribution in [2.75, 3.05) is 7.11 Å². The van der Waals surface area contributed by atoms with Gasteiger partial charge in [-0.2, -0.15) is 0 Å². The lowest BCUT2D eigenvalue weighted by atomic mass is 10.1. The third kappa shape index (κ3) is 4.68. The molecule has 0 aromatic heterocycles. The highest BCUT2D eigenvalue weighted by Crippen LogP contribution is 2.21. The van der Waals surface area contributed by atoms with Crippen LogP contribution in [0.4, 0.5) is 4.39 Å². The number of amides is 1. The molecule has 1 N–H and O–H groups in total. The predicted molar refractivity (Wildman–Crippen MR) is 89.7 cm³/mol. The zero-order chi connectivity index (χ0) is 16.8. The molecule has 120 valence electrons. The van der Waals surface area contributed by atoms with E-state index in [0.717, 1.165) is 5.56 Å². The molecule has 0 heterocycles. The second-order valence-electron chi connectivity index (χ2n) is 5.37. The van der Waals surface area contributed by atoms with Crippen molar-refractivity contribution >= 4 is 12.0 Å². The standard InChI is InChI=1S/C19H20FNO2/c1-13-4-6-15(7-5-13)8-11-19(22)21-14(2)16-9-10-18(23-3)17(20)12-16/h4-12,14H,1-3H3,(H,21,22)/b11-8+/t14-/m1/s1. The molecular weight excluding hydrogens is 293 g/mol. The molecule has 2 aromatic carbocycles. The molecule has 3 nitrogen and oxygen atoms in total. The largest absolute Gasteiger partial charge is 0.494 e. The molecule has 0 aliphatic carbocycles. The molecule has 0 radical (unpaired) electrons. The second kappa shape index (κ2) is 7.58. The third-order valence-electron chi connectivity index (χ3n) is 3.54. The van der Waals surface area contributed by atoms with Crippen LogP contribution in [0.1, 0.15) is 29.7 Å². The van der Waals surface area contributed by atoms with Crippen molar-refractivity contribution in [3.05, 3.63) is 71.0 Å². The van der Waals surface area contributed by atoms with E-state index >= 15 is 0 Å². The number of hydrogen-bond acceptors (Lipinski definition) is 2. The van der Waals surface area contributed by atoms with E-state index in [9.17, 15) is 9.18 Å². The number of rotatable bonds is 5. The summed E-state index contributed by atoms with van der Waals surface area (Å²) in [4.78, 5) is 12.0. The van der Waals surface area contributed by atoms with Gasteiger partial charge in [0.1, 0.15) is 0 Å². The van der Waals surface area contributed by atoms with E-state index < -0.39 is 5.82 Å². The Kier molecular flexibility index (Phi) is 5.52. The first-order valence-corrected chi connectivity index (χ1v) is 7.38. The summed E-state index contributed by atoms with van der Waals surface area (Å²) in [6.45, 7) is 3.81. The minimum atomic E-state index is -0.443. The Morgan fingerprint density at radius 1 is 1.22 bits per heavy atom. The lowest BCUT2D eigenvalue weighted by Gasteiger charge is -2.14. The Labute approximate surface area is 135 Å². The van der Waals surface area contributed by atoms with Crippen LogP contribution in [0, 0.1) is 12.7 Å². The summed E-state index contributed by atoms with van der Waals surface area (Å²) in [7, 11) is 1.42. The molecule has 0 fully saturated rings. The lowest BCUT2D eigenvalue weighted by molar-refractivity contribution is -0.117. The maximum Gasteiger partial charge on any atom is 0.244 e. The van der Waals surface area contributed by atoms with E-state index in [1.54, 1.807) is 25.1 Å². The molecule has 0 saturated carbocycles. The Hall–Kier alpha value is -2.62. The smallest absolute Gasteiger partial charge is 0.244 e. The number of methoxy groups -OCH3 is 1. The number of aryl methyl sites for hydroxylation is 1. The first kappa shape index (κ1) is 16.7. The normalized spacial score (nSPS) is 12.2. The quantitative estimate of drug-likeness (QED) is 0.846. The number of hydrogen-bond donors (Lipinski definition) is 1. The molecule has 1 amide bonds. The minimum Gasteiger partial charge on any atom is -0.494 e. The van der Waals surface area contributed by atoms with Gasteiger partial charge in [-0.25, -0.2) is 4.39 Å². The molecule has 0 bridgehead atoms. The molecule has 0 aliphatic rings. The summed E-state index contributed by atoms with van der Waals surface area (Å²) < 4.78 is 18.6. The number of ether oxygens (including phenoxy) is 1. The molecule has 0 spiro atoms. The molecule has 0 aliphatic heterocycles. The Morgan fingerprint density at radius 2 is 1.91 bits per heavy atom. The summed E-state index contributed by atoms with van der Waals surface area (Å²) in [6, 6.07) is 12.2. The Bertz CT molecular complexity index is 708. The molecule has 1 atom stereocenters. The van der Waals surface area contributed by atoms with Crippen LogP contribution in [0.2, 0.25) is 0 Å². The number of carbonyl (C=O) groups is 1. The van der Waals surface area contributed by atoms with Gasteiger partial charge in [0.25, 0.3) is 0 Å². The highest BCUT2D eigenvalue weighted by atomic mass is 19.1. The van der Waals surface area contributed by atoms with E-state index in [2.05, 4.69) is 5.32 Å². The molecule has 2 aromatic rings. The van der Waals surface area contributed by atoms with Crippen LogP contribution in [0.25, 0.3) is 6.08 Å². The topological polar surface area (TPSA) is 38.3 Å². The molecule has 0 unspecified atom stereocenters. The highest BCUT2D eigenvalue weighted by molar-refractivity contribution is 5.91. The van der Waals surface area contributed by atoms with Crippen molar-refractivity contribution in [1.29, 1.82) is 0 Å². The van der Waals surface area contributed by atoms with Crippen molar-refractivity contribution in [3.8, 4) is 5.75 Å². The van der Waals surface area contributed by atoms with Crippen LogP contribution in [0.3, 0.4) is 0 Å². The average Bonchev–Trinajstić information content (AvgIpc) is 2.54. The van der Waals surface area contributed by atoms with Crippen LogP contribution in [0.15, 0.2) is 48.5 Å². The van der Waals surface area contributed by atoms with E-state index in [0.29, 0.717) is 5.56 Å². The van der Waals surface area contributed by atoms with E-state index in [4.69, 9.17) is 4.74 Å². The highest BCUT2D eigenvalue weighted by Gasteiger charge is 2.10. The van der Waals surface area contributed by atoms with Crippen LogP contribution >= 0.6 is 0 Å². The van der Waals surface area contributed by atoms with Crippen molar-refractivity contribution in [3.63, 3.8) is 0 Å². The van der Waals surface area contributed by atoms with Crippen LogP contribution < -0.4 is 10.1 Å². The average molecular weight is 313 g/mol. The van der Waals surface area contributed by atoms with Crippen molar-refractivity contribution in [2.24, 2.45) is 0 Å². The van der Waals surface area contributed by atoms with Gasteiger partial charge in [-0.1, -0.05) is 35.9 Å². The summed E-state index contributed by atoms with van der Waals surface area (Å²) in [6.07, 6.45) is 3.22. The van der Waals surface area contributed by atoms with Gasteiger partial charge in [0.15, 0.2) is 11.6 Å². The number of benzene rings is 2. The van der Waals surface area contributed by atoms with E-state index in [-0.39, 0.29) is 17.7 Å². The molecule has 2 rings (SSSR count). The fourth-order valence-corrected chi connectivity index (χ4v) is 2.15. The van der Waals surface area contributed by atoms with Gasteiger partial charge >= 0.3 is 0 Å². The summed E-state index contributed by atoms with van der Waals surface area (Å²) in [5.41, 5.74) is 2.80. The van der Waals surface area contributed by atoms with Gasteiger partial charge in [0.05, 0.1) is 13.2 Å². The zero-order valence-electron chi connectivity index (χ0n) is 13.5. The summed E-state index contributed by atoms with van der Waals surface area (Å²) in [5, 5.41) is 2.81. The Balaban J connectivity index is 1.99. The first-order valence-electron chi connectivity index (χ1n) is 7.38. The number of carbonyl (C=O) groups excluding carboxylic acids is 1. The summed E-state index contributed by atoms with van der Waals surface area (Å²) >= 11 is 0. The molecule has 23 heavy (non-hydrogen) atoms. The van der Waals surface area contributed by atoms with Gasteiger partial charge in [-0.3, -0.25) is 4.79 Å². The first-order chi connectivity index (χ1) is 11.0. The maximum atomic E-state index is 13.7. The van der Waals surface area contributed by atoms with E-state index in [1.165, 1.54) is 24.8 Å². The monoisotopic (exact) mass is 313 g/mol. The van der Waals surface area contributed by atoms with Gasteiger partial charge in [0.2, 0.25) is 5.91 Å². The minimum absolute atomic E-state index is 0.187. The van der Waals surface area contributed by atoms with Crippen LogP contribution in [-0.2, 0) is 4.79 Å². The predicted octanol–water partition coefficient (Wildman–Crippen LogP) is 4.03. The van der Waals surface area contributed by atoms with Gasteiger partial charge in [-0.15, -0.1) is 0 Å². The number of halogens is 1. The third-order valence-corrected chi connectivity index (χ3v) is 3.54. The van der Waals surface area contributed by atoms with Gasteiger partial charge in [0, 0.05) is 6.08 Å². The molecular formula is C19H20FNO2. The van der Waals surface area contributed by atoms with Crippen molar-refractivity contribution in [1.82, 2.24) is 5.32 Å². The Morgan fingerprint density at radius 3 is 2.52 bits per heavy atom. The fraction of sp³-hybridized carbons (Fsp3) is 0.211. The lowest BCUT2D eigenvalue weighted by Crippen LogP contribution is -2.24. The fourth-order valence-electron chi connectivity index (χ4n) is 2.15. The van der Waals surface area contributed by atoms with Gasteiger partial charge in [-0.05, 0) is 43.2 Å². The van der Waals surface area contributed by atoms with Crippen molar-refractivity contribution in [2.45, 2.75) is 19.9 Å². The maximum absolute atomic E-state index is 13.7. The van der Waals surface area contributed by atoms with Crippen LogP contribution in [0.5, 0.6) is 5.75 Å². The SMILES string of the molecule is COc1ccc([C@@H](C)NC(=O)/C=C/c2ccc(C)cc2)cc1F. The van der Waals surface area contributed by atoms with Gasteiger partial charge < -0.3 is 10.1 Å². The van der Waals surface area contributed by atoms with Crippen LogP contribution in [-0.4, -0.2) is 13.0 Å². The molecule has 4 heteroatoms. The summed E-state index contributed by atoms with van der Waals surface area (Å²) in [5.74, 6) is -0.484. The van der Waals surface area contributed by atoms with E-state index in [1.807, 2.05) is 31.2 Å². The zero-order valence-corrected chi connectivity index (χ0v) is 13.5. The molecule has 0 saturated heterocycles.